The van der Waals surface area contributed by atoms with Crippen LogP contribution in [-0.2, 0) is 24.5 Å². The van der Waals surface area contributed by atoms with Gasteiger partial charge in [0.25, 0.3) is 0 Å². The van der Waals surface area contributed by atoms with E-state index in [4.69, 9.17) is 21.1 Å². The number of hydrogen-bond donors (Lipinski definition) is 1. The van der Waals surface area contributed by atoms with Gasteiger partial charge in [-0.25, -0.2) is 4.79 Å². The van der Waals surface area contributed by atoms with Crippen LogP contribution in [0.4, 0.5) is 5.69 Å². The van der Waals surface area contributed by atoms with Gasteiger partial charge in [-0.05, 0) is 47.4 Å². The number of nitrogens with zero attached hydrogens (tertiary/aromatic N) is 1. The number of carbonyl (C=O) groups is 2. The Bertz CT molecular complexity index is 968. The van der Waals surface area contributed by atoms with Crippen LogP contribution >= 0.6 is 11.6 Å². The highest BCUT2D eigenvalue weighted by molar-refractivity contribution is 6.31. The van der Waals surface area contributed by atoms with Crippen molar-refractivity contribution in [1.82, 2.24) is 0 Å². The maximum absolute atomic E-state index is 13.8. The van der Waals surface area contributed by atoms with Crippen molar-refractivity contribution in [2.45, 2.75) is 43.7 Å². The van der Waals surface area contributed by atoms with Crippen LogP contribution in [0.15, 0.2) is 41.2 Å². The molecule has 7 heteroatoms. The second kappa shape index (κ2) is 6.09. The Kier molecular flexibility index (Phi) is 3.87. The Morgan fingerprint density at radius 1 is 1.46 bits per heavy atom. The fourth-order valence-electron chi connectivity index (χ4n) is 4.97. The third-order valence-electron chi connectivity index (χ3n) is 6.31. The van der Waals surface area contributed by atoms with Gasteiger partial charge < -0.3 is 14.6 Å². The Morgan fingerprint density at radius 3 is 3.04 bits per heavy atom. The predicted octanol–water partition coefficient (Wildman–Crippen LogP) is 3.19. The molecular weight excluding hydrogens is 382 g/mol. The van der Waals surface area contributed by atoms with Crippen LogP contribution in [0.3, 0.4) is 0 Å². The first-order chi connectivity index (χ1) is 13.5. The van der Waals surface area contributed by atoms with E-state index in [0.29, 0.717) is 30.2 Å². The zero-order chi connectivity index (χ0) is 19.6. The first-order valence-electron chi connectivity index (χ1n) is 9.52. The number of hydrogen-bond acceptors (Lipinski definition) is 4. The van der Waals surface area contributed by atoms with E-state index < -0.39 is 17.4 Å². The summed E-state index contributed by atoms with van der Waals surface area (Å²) in [6.07, 6.45) is 3.65. The topological polar surface area (TPSA) is 76.1 Å². The standard InChI is InChI=1S/C21H20ClNO5/c1-2-15(19(24)25)23-16-4-3-12(22)8-13(16)21(20(23)26)10-28-18-7-11-5-6-27-17(11)9-14(18)21/h3-4,8-9,15,18H,2,5-7,10H2,1H3,(H,24,25). The molecule has 1 aromatic rings. The SMILES string of the molecule is CCC(C(=O)O)N1C(=O)C2(COC3CC4=C(C=C32)OCC4)c2cc(Cl)ccc21. The van der Waals surface area contributed by atoms with Gasteiger partial charge in [-0.2, -0.15) is 0 Å². The molecule has 3 unspecified atom stereocenters. The maximum Gasteiger partial charge on any atom is 0.326 e. The van der Waals surface area contributed by atoms with Crippen molar-refractivity contribution in [3.63, 3.8) is 0 Å². The number of ether oxygens (including phenoxy) is 2. The number of carboxylic acids is 1. The third-order valence-corrected chi connectivity index (χ3v) is 6.55. The molecule has 6 nitrogen and oxygen atoms in total. The minimum Gasteiger partial charge on any atom is -0.493 e. The number of aliphatic carboxylic acids is 1. The van der Waals surface area contributed by atoms with E-state index in [1.807, 2.05) is 6.08 Å². The number of halogens is 1. The van der Waals surface area contributed by atoms with Gasteiger partial charge in [0.1, 0.15) is 17.2 Å². The summed E-state index contributed by atoms with van der Waals surface area (Å²) in [5.41, 5.74) is 2.35. The molecule has 3 aliphatic heterocycles. The van der Waals surface area contributed by atoms with E-state index in [2.05, 4.69) is 0 Å². The number of carbonyl (C=O) groups excluding carboxylic acids is 1. The molecule has 1 saturated heterocycles. The number of amides is 1. The first-order valence-corrected chi connectivity index (χ1v) is 9.90. The molecule has 1 aliphatic carbocycles. The summed E-state index contributed by atoms with van der Waals surface area (Å²) in [6.45, 7) is 2.60. The molecule has 146 valence electrons. The zero-order valence-corrected chi connectivity index (χ0v) is 16.2. The Balaban J connectivity index is 1.71. The molecule has 0 aromatic heterocycles. The fraction of sp³-hybridized carbons (Fsp3) is 0.429. The second-order valence-electron chi connectivity index (χ2n) is 7.67. The van der Waals surface area contributed by atoms with Crippen LogP contribution in [0, 0.1) is 0 Å². The lowest BCUT2D eigenvalue weighted by molar-refractivity contribution is -0.140. The Hall–Kier alpha value is -2.31. The number of benzene rings is 1. The van der Waals surface area contributed by atoms with Crippen molar-refractivity contribution in [1.29, 1.82) is 0 Å². The smallest absolute Gasteiger partial charge is 0.326 e. The van der Waals surface area contributed by atoms with Gasteiger partial charge in [0.15, 0.2) is 0 Å². The second-order valence-corrected chi connectivity index (χ2v) is 8.11. The van der Waals surface area contributed by atoms with Crippen molar-refractivity contribution in [3.05, 3.63) is 51.8 Å². The first kappa shape index (κ1) is 17.8. The molecule has 1 fully saturated rings. The summed E-state index contributed by atoms with van der Waals surface area (Å²) in [6, 6.07) is 4.27. The average molecular weight is 402 g/mol. The van der Waals surface area contributed by atoms with E-state index in [1.54, 1.807) is 25.1 Å². The van der Waals surface area contributed by atoms with Crippen molar-refractivity contribution < 1.29 is 24.2 Å². The summed E-state index contributed by atoms with van der Waals surface area (Å²) in [5.74, 6) is -0.447. The van der Waals surface area contributed by atoms with Crippen LogP contribution in [0.5, 0.6) is 0 Å². The van der Waals surface area contributed by atoms with Gasteiger partial charge in [0, 0.05) is 23.6 Å². The monoisotopic (exact) mass is 401 g/mol. The molecule has 1 spiro atoms. The van der Waals surface area contributed by atoms with Crippen molar-refractivity contribution in [2.75, 3.05) is 18.1 Å². The van der Waals surface area contributed by atoms with Crippen molar-refractivity contribution >= 4 is 29.2 Å². The highest BCUT2D eigenvalue weighted by Crippen LogP contribution is 2.55. The van der Waals surface area contributed by atoms with E-state index in [9.17, 15) is 14.7 Å². The molecule has 0 radical (unpaired) electrons. The summed E-state index contributed by atoms with van der Waals surface area (Å²) in [5, 5.41) is 10.2. The number of allylic oxidation sites excluding steroid dienone is 1. The van der Waals surface area contributed by atoms with Crippen LogP contribution in [0.1, 0.15) is 31.7 Å². The number of rotatable bonds is 3. The highest BCUT2D eigenvalue weighted by atomic mass is 35.5. The molecule has 3 atom stereocenters. The molecule has 3 heterocycles. The van der Waals surface area contributed by atoms with E-state index >= 15 is 0 Å². The molecule has 28 heavy (non-hydrogen) atoms. The normalized spacial score (nSPS) is 28.8. The van der Waals surface area contributed by atoms with E-state index in [1.165, 1.54) is 10.5 Å². The molecule has 5 rings (SSSR count). The van der Waals surface area contributed by atoms with Crippen LogP contribution < -0.4 is 4.90 Å². The third kappa shape index (κ3) is 2.19. The van der Waals surface area contributed by atoms with Gasteiger partial charge in [-0.1, -0.05) is 18.5 Å². The van der Waals surface area contributed by atoms with Crippen LogP contribution in [0.25, 0.3) is 0 Å². The van der Waals surface area contributed by atoms with Gasteiger partial charge in [-0.3, -0.25) is 9.69 Å². The lowest BCUT2D eigenvalue weighted by Gasteiger charge is -2.29. The molecule has 1 N–H and O–H groups in total. The average Bonchev–Trinajstić information content (AvgIpc) is 3.33. The van der Waals surface area contributed by atoms with Crippen LogP contribution in [-0.4, -0.2) is 42.3 Å². The quantitative estimate of drug-likeness (QED) is 0.841. The van der Waals surface area contributed by atoms with E-state index in [0.717, 1.165) is 23.3 Å². The molecule has 0 bridgehead atoms. The zero-order valence-electron chi connectivity index (χ0n) is 15.4. The minimum atomic E-state index is -1.04. The molecule has 0 saturated carbocycles. The largest absolute Gasteiger partial charge is 0.493 e. The molecular formula is C21H20ClNO5. The number of fused-ring (bicyclic) bond motifs is 4. The minimum absolute atomic E-state index is 0.183. The van der Waals surface area contributed by atoms with Crippen LogP contribution in [0.2, 0.25) is 5.02 Å². The molecule has 1 amide bonds. The lowest BCUT2D eigenvalue weighted by Crippen LogP contribution is -2.49. The molecule has 1 aromatic carbocycles. The van der Waals surface area contributed by atoms with E-state index in [-0.39, 0.29) is 18.6 Å². The predicted molar refractivity (Wildman–Crippen MR) is 102 cm³/mol. The maximum atomic E-state index is 13.8. The fourth-order valence-corrected chi connectivity index (χ4v) is 5.14. The molecule has 4 aliphatic rings. The summed E-state index contributed by atoms with van der Waals surface area (Å²) < 4.78 is 11.8. The highest BCUT2D eigenvalue weighted by Gasteiger charge is 2.61. The van der Waals surface area contributed by atoms with Gasteiger partial charge in [-0.15, -0.1) is 0 Å². The lowest BCUT2D eigenvalue weighted by atomic mass is 9.73. The van der Waals surface area contributed by atoms with Gasteiger partial charge in [0.2, 0.25) is 5.91 Å². The van der Waals surface area contributed by atoms with Crippen molar-refractivity contribution in [3.8, 4) is 0 Å². The Morgan fingerprint density at radius 2 is 2.29 bits per heavy atom. The number of anilines is 1. The van der Waals surface area contributed by atoms with Gasteiger partial charge >= 0.3 is 5.97 Å². The van der Waals surface area contributed by atoms with Gasteiger partial charge in [0.05, 0.1) is 19.3 Å². The summed E-state index contributed by atoms with van der Waals surface area (Å²) in [7, 11) is 0. The van der Waals surface area contributed by atoms with Crippen molar-refractivity contribution in [2.24, 2.45) is 0 Å². The summed E-state index contributed by atoms with van der Waals surface area (Å²) in [4.78, 5) is 27.1. The number of carboxylic acid groups (broad SMARTS) is 1. The Labute approximate surface area is 167 Å². The summed E-state index contributed by atoms with van der Waals surface area (Å²) >= 11 is 6.28.